The molecule has 0 aliphatic heterocycles. The van der Waals surface area contributed by atoms with Crippen molar-refractivity contribution in [3.8, 4) is 11.8 Å². The van der Waals surface area contributed by atoms with Gasteiger partial charge in [-0.05, 0) is 24.3 Å². The molecule has 0 aliphatic rings. The van der Waals surface area contributed by atoms with Gasteiger partial charge >= 0.3 is 0 Å². The minimum absolute atomic E-state index is 0.0708. The second-order valence-electron chi connectivity index (χ2n) is 3.93. The Balaban J connectivity index is 2.34. The van der Waals surface area contributed by atoms with Gasteiger partial charge in [-0.2, -0.15) is 5.26 Å². The van der Waals surface area contributed by atoms with Crippen molar-refractivity contribution in [2.24, 2.45) is 4.99 Å². The molecular weight excluding hydrogens is 262 g/mol. The van der Waals surface area contributed by atoms with Crippen LogP contribution < -0.4 is 4.74 Å². The van der Waals surface area contributed by atoms with Gasteiger partial charge in [0.2, 0.25) is 0 Å². The zero-order valence-corrected chi connectivity index (χ0v) is 10.6. The van der Waals surface area contributed by atoms with Crippen LogP contribution in [0.3, 0.4) is 0 Å². The molecule has 0 saturated heterocycles. The van der Waals surface area contributed by atoms with Gasteiger partial charge in [0.25, 0.3) is 0 Å². The Hall–Kier alpha value is -2.74. The lowest BCUT2D eigenvalue weighted by Crippen LogP contribution is -1.95. The largest absolute Gasteiger partial charge is 0.497 e. The van der Waals surface area contributed by atoms with E-state index in [1.54, 1.807) is 30.3 Å². The maximum Gasteiger partial charge on any atom is 0.136 e. The van der Waals surface area contributed by atoms with Gasteiger partial charge < -0.3 is 4.74 Å². The lowest BCUT2D eigenvalue weighted by Gasteiger charge is -2.01. The molecular formula is C15H10F2N2O. The molecule has 20 heavy (non-hydrogen) atoms. The molecule has 0 N–H and O–H groups in total. The first-order valence-electron chi connectivity index (χ1n) is 5.71. The quantitative estimate of drug-likeness (QED) is 0.801. The average molecular weight is 272 g/mol. The topological polar surface area (TPSA) is 45.4 Å². The van der Waals surface area contributed by atoms with Crippen LogP contribution in [0.15, 0.2) is 41.4 Å². The van der Waals surface area contributed by atoms with Crippen LogP contribution in [0.4, 0.5) is 14.5 Å². The Kier molecular flexibility index (Phi) is 4.06. The molecule has 0 spiro atoms. The van der Waals surface area contributed by atoms with E-state index in [1.165, 1.54) is 7.11 Å². The Bertz CT molecular complexity index is 682. The van der Waals surface area contributed by atoms with E-state index in [4.69, 9.17) is 10.00 Å². The van der Waals surface area contributed by atoms with Crippen molar-refractivity contribution in [2.45, 2.75) is 0 Å². The van der Waals surface area contributed by atoms with Crippen LogP contribution in [0.25, 0.3) is 0 Å². The van der Waals surface area contributed by atoms with E-state index in [-0.39, 0.29) is 11.1 Å². The molecule has 2 aromatic rings. The molecule has 3 nitrogen and oxygen atoms in total. The molecule has 0 heterocycles. The number of methoxy groups -OCH3 is 1. The van der Waals surface area contributed by atoms with Gasteiger partial charge in [-0.3, -0.25) is 4.99 Å². The molecule has 0 radical (unpaired) electrons. The Morgan fingerprint density at radius 1 is 1.20 bits per heavy atom. The van der Waals surface area contributed by atoms with Gasteiger partial charge in [-0.1, -0.05) is 6.07 Å². The van der Waals surface area contributed by atoms with E-state index < -0.39 is 11.6 Å². The van der Waals surface area contributed by atoms with Gasteiger partial charge in [0, 0.05) is 12.3 Å². The summed E-state index contributed by atoms with van der Waals surface area (Å²) in [4.78, 5) is 3.99. The highest BCUT2D eigenvalue weighted by Gasteiger charge is 2.09. The summed E-state index contributed by atoms with van der Waals surface area (Å²) >= 11 is 0. The number of halogens is 2. The molecule has 0 atom stereocenters. The van der Waals surface area contributed by atoms with Crippen molar-refractivity contribution >= 4 is 11.9 Å². The average Bonchev–Trinajstić information content (AvgIpc) is 2.46. The number of rotatable bonds is 3. The van der Waals surface area contributed by atoms with E-state index in [2.05, 4.69) is 4.99 Å². The summed E-state index contributed by atoms with van der Waals surface area (Å²) in [6.45, 7) is 0. The van der Waals surface area contributed by atoms with Crippen molar-refractivity contribution in [3.05, 3.63) is 59.2 Å². The lowest BCUT2D eigenvalue weighted by atomic mass is 10.1. The number of nitriles is 1. The lowest BCUT2D eigenvalue weighted by molar-refractivity contribution is 0.415. The minimum atomic E-state index is -0.826. The maximum atomic E-state index is 13.6. The number of benzene rings is 2. The number of aliphatic imine (C=N–C) groups is 1. The number of hydrogen-bond donors (Lipinski definition) is 0. The summed E-state index contributed by atoms with van der Waals surface area (Å²) in [6, 6.07) is 10.4. The van der Waals surface area contributed by atoms with Crippen LogP contribution in [0.5, 0.6) is 5.75 Å². The second-order valence-corrected chi connectivity index (χ2v) is 3.93. The summed E-state index contributed by atoms with van der Waals surface area (Å²) in [5.74, 6) is -1.05. The Morgan fingerprint density at radius 3 is 2.50 bits per heavy atom. The molecule has 5 heteroatoms. The van der Waals surface area contributed by atoms with Crippen molar-refractivity contribution in [1.29, 1.82) is 5.26 Å². The Morgan fingerprint density at radius 2 is 1.90 bits per heavy atom. The molecule has 0 bridgehead atoms. The third-order valence-corrected chi connectivity index (χ3v) is 2.60. The fourth-order valence-corrected chi connectivity index (χ4v) is 1.60. The van der Waals surface area contributed by atoms with Crippen LogP contribution in [-0.4, -0.2) is 13.3 Å². The first kappa shape index (κ1) is 13.7. The summed E-state index contributed by atoms with van der Waals surface area (Å²) in [5, 5.41) is 8.61. The van der Waals surface area contributed by atoms with Crippen molar-refractivity contribution in [3.63, 3.8) is 0 Å². The van der Waals surface area contributed by atoms with Crippen LogP contribution in [-0.2, 0) is 0 Å². The SMILES string of the molecule is COc1cccc(/N=C/c2c(F)cc(C#N)cc2F)c1. The second kappa shape index (κ2) is 5.93. The molecule has 0 fully saturated rings. The van der Waals surface area contributed by atoms with Crippen LogP contribution in [0, 0.1) is 23.0 Å². The van der Waals surface area contributed by atoms with E-state index in [0.29, 0.717) is 11.4 Å². The molecule has 0 aliphatic carbocycles. The summed E-state index contributed by atoms with van der Waals surface area (Å²) in [5.41, 5.74) is 0.151. The van der Waals surface area contributed by atoms with E-state index in [9.17, 15) is 8.78 Å². The van der Waals surface area contributed by atoms with Gasteiger partial charge in [-0.15, -0.1) is 0 Å². The summed E-state index contributed by atoms with van der Waals surface area (Å²) in [7, 11) is 1.52. The van der Waals surface area contributed by atoms with Gasteiger partial charge in [0.15, 0.2) is 0 Å². The molecule has 2 rings (SSSR count). The Labute approximate surface area is 114 Å². The molecule has 0 aromatic heterocycles. The first-order valence-corrected chi connectivity index (χ1v) is 5.71. The van der Waals surface area contributed by atoms with Crippen LogP contribution >= 0.6 is 0 Å². The third-order valence-electron chi connectivity index (χ3n) is 2.60. The van der Waals surface area contributed by atoms with Gasteiger partial charge in [-0.25, -0.2) is 8.78 Å². The smallest absolute Gasteiger partial charge is 0.136 e. The van der Waals surface area contributed by atoms with Crippen molar-refractivity contribution in [1.82, 2.24) is 0 Å². The predicted molar refractivity (Wildman–Crippen MR) is 71.3 cm³/mol. The standard InChI is InChI=1S/C15H10F2N2O/c1-20-12-4-2-3-11(7-12)19-9-13-14(16)5-10(8-18)6-15(13)17/h2-7,9H,1H3/b19-9+. The summed E-state index contributed by atoms with van der Waals surface area (Å²) in [6.07, 6.45) is 1.08. The van der Waals surface area contributed by atoms with E-state index >= 15 is 0 Å². The molecule has 2 aromatic carbocycles. The van der Waals surface area contributed by atoms with E-state index in [1.807, 2.05) is 0 Å². The van der Waals surface area contributed by atoms with E-state index in [0.717, 1.165) is 18.3 Å². The normalized spacial score (nSPS) is 10.5. The minimum Gasteiger partial charge on any atom is -0.497 e. The highest BCUT2D eigenvalue weighted by molar-refractivity contribution is 5.83. The van der Waals surface area contributed by atoms with Crippen LogP contribution in [0.1, 0.15) is 11.1 Å². The number of hydrogen-bond acceptors (Lipinski definition) is 3. The van der Waals surface area contributed by atoms with Gasteiger partial charge in [0.05, 0.1) is 30.0 Å². The molecule has 0 unspecified atom stereocenters. The zero-order chi connectivity index (χ0) is 14.5. The zero-order valence-electron chi connectivity index (χ0n) is 10.6. The maximum absolute atomic E-state index is 13.6. The van der Waals surface area contributed by atoms with Crippen molar-refractivity contribution in [2.75, 3.05) is 7.11 Å². The number of nitrogens with zero attached hydrogens (tertiary/aromatic N) is 2. The highest BCUT2D eigenvalue weighted by Crippen LogP contribution is 2.20. The monoisotopic (exact) mass is 272 g/mol. The molecule has 100 valence electrons. The van der Waals surface area contributed by atoms with Crippen molar-refractivity contribution < 1.29 is 13.5 Å². The molecule has 0 amide bonds. The highest BCUT2D eigenvalue weighted by atomic mass is 19.1. The fourth-order valence-electron chi connectivity index (χ4n) is 1.60. The molecule has 0 saturated carbocycles. The predicted octanol–water partition coefficient (Wildman–Crippen LogP) is 3.60. The summed E-state index contributed by atoms with van der Waals surface area (Å²) < 4.78 is 32.3. The van der Waals surface area contributed by atoms with Crippen LogP contribution in [0.2, 0.25) is 0 Å². The third kappa shape index (κ3) is 2.98. The number of ether oxygens (including phenoxy) is 1. The fraction of sp³-hybridized carbons (Fsp3) is 0.0667. The van der Waals surface area contributed by atoms with Gasteiger partial charge in [0.1, 0.15) is 17.4 Å². The first-order chi connectivity index (χ1) is 9.63.